The lowest BCUT2D eigenvalue weighted by Crippen LogP contribution is -2.29. The van der Waals surface area contributed by atoms with E-state index in [2.05, 4.69) is 54.8 Å². The van der Waals surface area contributed by atoms with Crippen LogP contribution in [0.3, 0.4) is 0 Å². The lowest BCUT2D eigenvalue weighted by Gasteiger charge is -2.20. The minimum atomic E-state index is -4.62. The molecular weight excluding hydrogens is 719 g/mol. The van der Waals surface area contributed by atoms with Crippen LogP contribution in [-0.2, 0) is 32.7 Å². The van der Waals surface area contributed by atoms with Crippen molar-refractivity contribution in [1.29, 1.82) is 0 Å². The summed E-state index contributed by atoms with van der Waals surface area (Å²) in [6, 6.07) is 0. The topological polar surface area (TPSA) is 149 Å². The van der Waals surface area contributed by atoms with E-state index in [4.69, 9.17) is 19.1 Å². The van der Waals surface area contributed by atoms with Crippen LogP contribution in [0.1, 0.15) is 194 Å². The smallest absolute Gasteiger partial charge is 0.462 e. The van der Waals surface area contributed by atoms with Crippen molar-refractivity contribution in [1.82, 2.24) is 0 Å². The average Bonchev–Trinajstić information content (AvgIpc) is 3.17. The summed E-state index contributed by atoms with van der Waals surface area (Å²) in [5.41, 5.74) is 0. The van der Waals surface area contributed by atoms with E-state index in [0.29, 0.717) is 12.8 Å². The summed E-state index contributed by atoms with van der Waals surface area (Å²) in [6.07, 6.45) is 41.1. The maximum atomic E-state index is 12.6. The zero-order chi connectivity index (χ0) is 40.5. The van der Waals surface area contributed by atoms with E-state index in [9.17, 15) is 24.2 Å². The molecule has 0 bridgehead atoms. The van der Waals surface area contributed by atoms with Gasteiger partial charge in [-0.2, -0.15) is 0 Å². The van der Waals surface area contributed by atoms with Crippen LogP contribution in [0.4, 0.5) is 0 Å². The highest BCUT2D eigenvalue weighted by molar-refractivity contribution is 7.47. The Hall–Kier alpha value is -1.81. The van der Waals surface area contributed by atoms with Gasteiger partial charge in [-0.3, -0.25) is 18.6 Å². The highest BCUT2D eigenvalue weighted by atomic mass is 31.2. The summed E-state index contributed by atoms with van der Waals surface area (Å²) in [4.78, 5) is 35.0. The predicted molar refractivity (Wildman–Crippen MR) is 224 cm³/mol. The molecule has 0 aromatic carbocycles. The Labute approximate surface area is 335 Å². The lowest BCUT2D eigenvalue weighted by molar-refractivity contribution is -0.161. The van der Waals surface area contributed by atoms with Crippen LogP contribution in [-0.4, -0.2) is 65.7 Å². The van der Waals surface area contributed by atoms with Gasteiger partial charge in [0, 0.05) is 12.8 Å². The molecule has 55 heavy (non-hydrogen) atoms. The van der Waals surface area contributed by atoms with Crippen molar-refractivity contribution in [2.24, 2.45) is 0 Å². The van der Waals surface area contributed by atoms with Crippen molar-refractivity contribution in [3.63, 3.8) is 0 Å². The van der Waals surface area contributed by atoms with Gasteiger partial charge in [-0.25, -0.2) is 4.57 Å². The van der Waals surface area contributed by atoms with Crippen LogP contribution in [0.2, 0.25) is 0 Å². The van der Waals surface area contributed by atoms with E-state index in [-0.39, 0.29) is 19.4 Å². The standard InChI is InChI=1S/C44H81O10P/c1-3-5-7-9-11-13-15-17-18-19-20-21-22-24-25-27-29-31-33-35-43(47)51-39-42(40-53-55(49,50)52-38-41(46)37-45)54-44(48)36-34-32-30-28-26-23-16-14-12-10-8-6-4-2/h11,13-14,16-18,41-42,45-46H,3-10,12,15,19-40H2,1-2H3,(H,49,50)/b13-11-,16-14-,18-17-/t41-,42+/m0/s1. The maximum absolute atomic E-state index is 12.6. The molecular formula is C44H81O10P. The number of phosphoric ester groups is 1. The van der Waals surface area contributed by atoms with E-state index in [1.54, 1.807) is 0 Å². The molecule has 11 heteroatoms. The Balaban J connectivity index is 4.26. The first-order valence-electron chi connectivity index (χ1n) is 21.9. The fraction of sp³-hybridized carbons (Fsp3) is 0.818. The monoisotopic (exact) mass is 801 g/mol. The quantitative estimate of drug-likeness (QED) is 0.0236. The molecule has 0 aliphatic carbocycles. The molecule has 0 radical (unpaired) electrons. The molecule has 0 fully saturated rings. The number of rotatable bonds is 41. The first-order valence-corrected chi connectivity index (χ1v) is 23.4. The second kappa shape index (κ2) is 40.4. The summed E-state index contributed by atoms with van der Waals surface area (Å²) in [5.74, 6) is -0.938. The fourth-order valence-corrected chi connectivity index (χ4v) is 6.63. The number of esters is 2. The minimum absolute atomic E-state index is 0.173. The van der Waals surface area contributed by atoms with E-state index in [1.807, 2.05) is 0 Å². The third kappa shape index (κ3) is 40.2. The van der Waals surface area contributed by atoms with Gasteiger partial charge in [-0.15, -0.1) is 0 Å². The maximum Gasteiger partial charge on any atom is 0.472 e. The van der Waals surface area contributed by atoms with Gasteiger partial charge in [0.25, 0.3) is 0 Å². The molecule has 0 heterocycles. The molecule has 0 aliphatic rings. The van der Waals surface area contributed by atoms with Gasteiger partial charge < -0.3 is 24.6 Å². The van der Waals surface area contributed by atoms with E-state index in [0.717, 1.165) is 70.6 Å². The highest BCUT2D eigenvalue weighted by Gasteiger charge is 2.27. The van der Waals surface area contributed by atoms with E-state index in [1.165, 1.54) is 83.5 Å². The molecule has 3 N–H and O–H groups in total. The summed E-state index contributed by atoms with van der Waals surface area (Å²) >= 11 is 0. The largest absolute Gasteiger partial charge is 0.472 e. The van der Waals surface area contributed by atoms with Gasteiger partial charge in [0.1, 0.15) is 12.7 Å². The molecule has 322 valence electrons. The molecule has 0 aliphatic heterocycles. The van der Waals surface area contributed by atoms with Gasteiger partial charge in [0.05, 0.1) is 19.8 Å². The summed E-state index contributed by atoms with van der Waals surface area (Å²) in [5, 5.41) is 18.3. The van der Waals surface area contributed by atoms with Gasteiger partial charge in [-0.1, -0.05) is 147 Å². The number of unbranched alkanes of at least 4 members (excludes halogenated alkanes) is 21. The first-order chi connectivity index (χ1) is 26.7. The molecule has 0 spiro atoms. The van der Waals surface area contributed by atoms with Crippen LogP contribution in [0.15, 0.2) is 36.5 Å². The molecule has 0 amide bonds. The first kappa shape index (κ1) is 53.2. The number of aliphatic hydroxyl groups excluding tert-OH is 2. The Kier molecular flexibility index (Phi) is 39.1. The third-order valence-corrected chi connectivity index (χ3v) is 10.2. The zero-order valence-electron chi connectivity index (χ0n) is 34.9. The molecule has 3 atom stereocenters. The van der Waals surface area contributed by atoms with Crippen molar-refractivity contribution in [3.05, 3.63) is 36.5 Å². The zero-order valence-corrected chi connectivity index (χ0v) is 35.8. The number of aliphatic hydroxyl groups is 2. The summed E-state index contributed by atoms with van der Waals surface area (Å²) < 4.78 is 32.7. The second-order valence-electron chi connectivity index (χ2n) is 14.7. The normalized spacial score (nSPS) is 14.2. The predicted octanol–water partition coefficient (Wildman–Crippen LogP) is 11.6. The average molecular weight is 801 g/mol. The summed E-state index contributed by atoms with van der Waals surface area (Å²) in [7, 11) is -4.62. The third-order valence-electron chi connectivity index (χ3n) is 9.27. The molecule has 0 saturated carbocycles. The number of carbonyl (C=O) groups is 2. The van der Waals surface area contributed by atoms with Crippen LogP contribution >= 0.6 is 7.82 Å². The minimum Gasteiger partial charge on any atom is -0.462 e. The number of carbonyl (C=O) groups excluding carboxylic acids is 2. The summed E-state index contributed by atoms with van der Waals surface area (Å²) in [6.45, 7) is 2.33. The van der Waals surface area contributed by atoms with Crippen LogP contribution in [0.25, 0.3) is 0 Å². The van der Waals surface area contributed by atoms with Crippen molar-refractivity contribution in [2.45, 2.75) is 206 Å². The van der Waals surface area contributed by atoms with Crippen LogP contribution in [0.5, 0.6) is 0 Å². The van der Waals surface area contributed by atoms with Gasteiger partial charge in [0.15, 0.2) is 6.10 Å². The molecule has 10 nitrogen and oxygen atoms in total. The SMILES string of the molecule is CCCCC/C=C\C/C=C\CCCCCCCCCCCC(=O)OC[C@H](COP(=O)(O)OC[C@@H](O)CO)OC(=O)CCCCCCC/C=C\CCCCCC. The van der Waals surface area contributed by atoms with Crippen LogP contribution in [0, 0.1) is 0 Å². The van der Waals surface area contributed by atoms with Crippen molar-refractivity contribution >= 4 is 19.8 Å². The molecule has 0 aromatic heterocycles. The fourth-order valence-electron chi connectivity index (χ4n) is 5.84. The van der Waals surface area contributed by atoms with Gasteiger partial charge in [0.2, 0.25) is 0 Å². The molecule has 1 unspecified atom stereocenters. The number of hydrogen-bond donors (Lipinski definition) is 3. The number of phosphoric acid groups is 1. The Morgan fingerprint density at radius 1 is 0.545 bits per heavy atom. The van der Waals surface area contributed by atoms with Gasteiger partial charge in [-0.05, 0) is 70.6 Å². The second-order valence-corrected chi connectivity index (χ2v) is 16.2. The van der Waals surface area contributed by atoms with Crippen molar-refractivity contribution in [2.75, 3.05) is 26.4 Å². The van der Waals surface area contributed by atoms with E-state index < -0.39 is 51.8 Å². The molecule has 0 saturated heterocycles. The number of hydrogen-bond acceptors (Lipinski definition) is 9. The highest BCUT2D eigenvalue weighted by Crippen LogP contribution is 2.43. The number of ether oxygens (including phenoxy) is 2. The van der Waals surface area contributed by atoms with E-state index >= 15 is 0 Å². The number of allylic oxidation sites excluding steroid dienone is 6. The lowest BCUT2D eigenvalue weighted by atomic mass is 10.1. The Morgan fingerprint density at radius 3 is 1.45 bits per heavy atom. The molecule has 0 rings (SSSR count). The Bertz CT molecular complexity index is 1010. The van der Waals surface area contributed by atoms with Crippen LogP contribution < -0.4 is 0 Å². The van der Waals surface area contributed by atoms with Gasteiger partial charge >= 0.3 is 19.8 Å². The Morgan fingerprint density at radius 2 is 0.945 bits per heavy atom. The molecule has 0 aromatic rings. The van der Waals surface area contributed by atoms with Crippen molar-refractivity contribution < 1.29 is 47.8 Å². The van der Waals surface area contributed by atoms with Crippen molar-refractivity contribution in [3.8, 4) is 0 Å².